The van der Waals surface area contributed by atoms with Crippen LogP contribution < -0.4 is 9.64 Å². The van der Waals surface area contributed by atoms with E-state index in [1.807, 2.05) is 13.8 Å². The fourth-order valence-electron chi connectivity index (χ4n) is 2.66. The zero-order chi connectivity index (χ0) is 20.1. The van der Waals surface area contributed by atoms with Crippen LogP contribution in [-0.4, -0.2) is 32.1 Å². The second-order valence-corrected chi connectivity index (χ2v) is 7.01. The van der Waals surface area contributed by atoms with Crippen molar-refractivity contribution < 1.29 is 23.5 Å². The van der Waals surface area contributed by atoms with E-state index < -0.39 is 17.2 Å². The van der Waals surface area contributed by atoms with E-state index >= 15 is 0 Å². The van der Waals surface area contributed by atoms with Gasteiger partial charge in [-0.05, 0) is 31.4 Å². The maximum Gasteiger partial charge on any atom is 0.338 e. The lowest BCUT2D eigenvalue weighted by Crippen LogP contribution is -2.49. The molecule has 1 aliphatic rings. The molecule has 1 saturated carbocycles. The Kier molecular flexibility index (Phi) is 7.60. The number of nitrogens with zero attached hydrogens (tertiary/aromatic N) is 1. The molecule has 146 valence electrons. The van der Waals surface area contributed by atoms with Gasteiger partial charge in [0, 0.05) is 11.5 Å². The van der Waals surface area contributed by atoms with E-state index in [9.17, 15) is 14.0 Å². The van der Waals surface area contributed by atoms with Crippen LogP contribution in [0.25, 0.3) is 0 Å². The molecule has 0 N–H and O–H groups in total. The fraction of sp³-hybridized carbons (Fsp3) is 0.600. The molecule has 0 unspecified atom stereocenters. The Balaban J connectivity index is 0.00000163. The van der Waals surface area contributed by atoms with Gasteiger partial charge in [0.05, 0.1) is 19.8 Å². The van der Waals surface area contributed by atoms with E-state index in [4.69, 9.17) is 4.74 Å². The summed E-state index contributed by atoms with van der Waals surface area (Å²) in [5.74, 6) is -1.34. The molecular formula is C20H30FNO4. The van der Waals surface area contributed by atoms with Crippen molar-refractivity contribution in [3.05, 3.63) is 23.5 Å². The average molecular weight is 367 g/mol. The first-order valence-electron chi connectivity index (χ1n) is 9.00. The molecule has 0 aliphatic heterocycles. The van der Waals surface area contributed by atoms with Crippen LogP contribution in [0.1, 0.15) is 64.2 Å². The van der Waals surface area contributed by atoms with Gasteiger partial charge in [-0.15, -0.1) is 0 Å². The van der Waals surface area contributed by atoms with Crippen LogP contribution in [0.2, 0.25) is 0 Å². The summed E-state index contributed by atoms with van der Waals surface area (Å²) in [4.78, 5) is 26.1. The van der Waals surface area contributed by atoms with Gasteiger partial charge in [0.1, 0.15) is 11.4 Å². The van der Waals surface area contributed by atoms with Crippen molar-refractivity contribution in [3.8, 4) is 5.75 Å². The third-order valence-corrected chi connectivity index (χ3v) is 4.21. The first kappa shape index (κ1) is 21.9. The molecule has 0 aromatic heterocycles. The van der Waals surface area contributed by atoms with Crippen molar-refractivity contribution in [2.45, 2.75) is 59.9 Å². The summed E-state index contributed by atoms with van der Waals surface area (Å²) in [6.07, 6.45) is 2.65. The second-order valence-electron chi connectivity index (χ2n) is 7.01. The molecule has 0 spiro atoms. The zero-order valence-corrected chi connectivity index (χ0v) is 16.8. The molecule has 1 aromatic rings. The van der Waals surface area contributed by atoms with Crippen molar-refractivity contribution in [3.63, 3.8) is 0 Å². The lowest BCUT2D eigenvalue weighted by Gasteiger charge is -2.41. The second kappa shape index (κ2) is 9.01. The van der Waals surface area contributed by atoms with Crippen LogP contribution >= 0.6 is 0 Å². The minimum absolute atomic E-state index is 0.0485. The highest BCUT2D eigenvalue weighted by Crippen LogP contribution is 2.40. The minimum Gasteiger partial charge on any atom is -0.494 e. The number of amides is 1. The summed E-state index contributed by atoms with van der Waals surface area (Å²) >= 11 is 0. The van der Waals surface area contributed by atoms with Crippen molar-refractivity contribution in [2.24, 2.45) is 5.41 Å². The van der Waals surface area contributed by atoms with Gasteiger partial charge in [-0.1, -0.05) is 34.6 Å². The summed E-state index contributed by atoms with van der Waals surface area (Å²) in [7, 11) is 2.62. The highest BCUT2D eigenvalue weighted by molar-refractivity contribution is 6.00. The molecule has 0 heterocycles. The van der Waals surface area contributed by atoms with Crippen LogP contribution in [0.3, 0.4) is 0 Å². The van der Waals surface area contributed by atoms with Gasteiger partial charge in [-0.25, -0.2) is 9.18 Å². The number of rotatable bonds is 4. The first-order valence-corrected chi connectivity index (χ1v) is 9.00. The van der Waals surface area contributed by atoms with E-state index in [1.165, 1.54) is 25.2 Å². The molecule has 0 bridgehead atoms. The van der Waals surface area contributed by atoms with E-state index in [1.54, 1.807) is 20.8 Å². The normalized spacial score (nSPS) is 13.8. The van der Waals surface area contributed by atoms with Crippen molar-refractivity contribution in [1.29, 1.82) is 0 Å². The SMILES string of the molecule is CC.COC(=O)c1cc(F)c(N(C(=O)C(C)(C)C)C2CCC2)c(OC)c1. The molecule has 1 fully saturated rings. The molecule has 0 saturated heterocycles. The van der Waals surface area contributed by atoms with Gasteiger partial charge in [0.2, 0.25) is 5.91 Å². The van der Waals surface area contributed by atoms with Gasteiger partial charge in [-0.3, -0.25) is 4.79 Å². The third-order valence-electron chi connectivity index (χ3n) is 4.21. The number of esters is 1. The van der Waals surface area contributed by atoms with Crippen molar-refractivity contribution in [2.75, 3.05) is 19.1 Å². The summed E-state index contributed by atoms with van der Waals surface area (Å²) in [5.41, 5.74) is -0.518. The monoisotopic (exact) mass is 367 g/mol. The van der Waals surface area contributed by atoms with Crippen LogP contribution in [0.5, 0.6) is 5.75 Å². The Morgan fingerprint density at radius 1 is 1.15 bits per heavy atom. The van der Waals surface area contributed by atoms with Gasteiger partial charge in [0.25, 0.3) is 0 Å². The summed E-state index contributed by atoms with van der Waals surface area (Å²) < 4.78 is 24.7. The summed E-state index contributed by atoms with van der Waals surface area (Å²) in [6.45, 7) is 9.40. The number of hydrogen-bond acceptors (Lipinski definition) is 4. The Labute approximate surface area is 155 Å². The molecule has 1 amide bonds. The zero-order valence-electron chi connectivity index (χ0n) is 16.8. The molecule has 2 rings (SSSR count). The number of halogens is 1. The van der Waals surface area contributed by atoms with Gasteiger partial charge < -0.3 is 14.4 Å². The molecule has 1 aromatic carbocycles. The third kappa shape index (κ3) is 4.54. The number of benzene rings is 1. The van der Waals surface area contributed by atoms with E-state index in [-0.39, 0.29) is 28.9 Å². The quantitative estimate of drug-likeness (QED) is 0.731. The highest BCUT2D eigenvalue weighted by atomic mass is 19.1. The number of ether oxygens (including phenoxy) is 2. The van der Waals surface area contributed by atoms with Gasteiger partial charge in [-0.2, -0.15) is 0 Å². The number of methoxy groups -OCH3 is 2. The average Bonchev–Trinajstić information content (AvgIpc) is 2.57. The number of carbonyl (C=O) groups is 2. The first-order chi connectivity index (χ1) is 12.2. The molecule has 0 radical (unpaired) electrons. The van der Waals surface area contributed by atoms with E-state index in [0.29, 0.717) is 0 Å². The van der Waals surface area contributed by atoms with E-state index in [0.717, 1.165) is 25.3 Å². The molecule has 26 heavy (non-hydrogen) atoms. The molecular weight excluding hydrogens is 337 g/mol. The maximum absolute atomic E-state index is 14.8. The van der Waals surface area contributed by atoms with Gasteiger partial charge >= 0.3 is 5.97 Å². The smallest absolute Gasteiger partial charge is 0.338 e. The molecule has 5 nitrogen and oxygen atoms in total. The maximum atomic E-state index is 14.8. The van der Waals surface area contributed by atoms with E-state index in [2.05, 4.69) is 4.74 Å². The minimum atomic E-state index is -0.667. The Morgan fingerprint density at radius 3 is 2.12 bits per heavy atom. The largest absolute Gasteiger partial charge is 0.494 e. The predicted molar refractivity (Wildman–Crippen MR) is 100 cm³/mol. The molecule has 6 heteroatoms. The lowest BCUT2D eigenvalue weighted by atomic mass is 9.86. The Hall–Kier alpha value is -2.11. The van der Waals surface area contributed by atoms with Crippen LogP contribution in [0.4, 0.5) is 10.1 Å². The Bertz CT molecular complexity index is 648. The fourth-order valence-corrected chi connectivity index (χ4v) is 2.66. The lowest BCUT2D eigenvalue weighted by molar-refractivity contribution is -0.126. The number of anilines is 1. The van der Waals surface area contributed by atoms with Gasteiger partial charge in [0.15, 0.2) is 5.82 Å². The summed E-state index contributed by atoms with van der Waals surface area (Å²) in [5, 5.41) is 0. The topological polar surface area (TPSA) is 55.8 Å². The van der Waals surface area contributed by atoms with Crippen LogP contribution in [0.15, 0.2) is 12.1 Å². The Morgan fingerprint density at radius 2 is 1.73 bits per heavy atom. The van der Waals surface area contributed by atoms with Crippen molar-refractivity contribution in [1.82, 2.24) is 0 Å². The molecule has 1 aliphatic carbocycles. The highest BCUT2D eigenvalue weighted by Gasteiger charge is 2.38. The molecule has 0 atom stereocenters. The number of carbonyl (C=O) groups excluding carboxylic acids is 2. The number of hydrogen-bond donors (Lipinski definition) is 0. The van der Waals surface area contributed by atoms with Crippen LogP contribution in [-0.2, 0) is 9.53 Å². The summed E-state index contributed by atoms with van der Waals surface area (Å²) in [6, 6.07) is 2.45. The predicted octanol–water partition coefficient (Wildman–Crippen LogP) is 4.58. The van der Waals surface area contributed by atoms with Crippen molar-refractivity contribution >= 4 is 17.6 Å². The van der Waals surface area contributed by atoms with Crippen LogP contribution in [0, 0.1) is 11.2 Å². The standard InChI is InChI=1S/C18H24FNO4.C2H6/c1-18(2,3)17(22)20(12-7-6-8-12)15-13(19)9-11(16(21)24-5)10-14(15)23-4;1-2/h9-10,12H,6-8H2,1-5H3;1-2H3.